The lowest BCUT2D eigenvalue weighted by Crippen LogP contribution is -2.51. The van der Waals surface area contributed by atoms with Crippen molar-refractivity contribution in [1.29, 1.82) is 0 Å². The van der Waals surface area contributed by atoms with Gasteiger partial charge in [-0.3, -0.25) is 52.7 Å². The molecule has 0 bridgehead atoms. The van der Waals surface area contributed by atoms with Crippen LogP contribution in [-0.2, 0) is 134 Å². The Hall–Kier alpha value is -10.3. The third-order valence-electron chi connectivity index (χ3n) is 13.7. The van der Waals surface area contributed by atoms with Gasteiger partial charge in [0.05, 0.1) is 71.3 Å². The number of carbonyl (C=O) groups excluding carboxylic acids is 19. The van der Waals surface area contributed by atoms with E-state index in [0.29, 0.717) is 20.3 Å². The third-order valence-corrected chi connectivity index (χ3v) is 13.7. The van der Waals surface area contributed by atoms with E-state index in [1.165, 1.54) is 41.5 Å². The maximum absolute atomic E-state index is 12.8. The second-order valence-corrected chi connectivity index (χ2v) is 22.2. The summed E-state index contributed by atoms with van der Waals surface area (Å²) in [6.45, 7) is 2.65. The smallest absolute Gasteiger partial charge is 0.407 e. The van der Waals surface area contributed by atoms with E-state index >= 15 is 0 Å². The fourth-order valence-electron chi connectivity index (χ4n) is 8.20. The lowest BCUT2D eigenvalue weighted by Gasteiger charge is -2.33. The highest BCUT2D eigenvalue weighted by atomic mass is 16.7. The zero-order chi connectivity index (χ0) is 74.1. The molecular formula is C57H81N11O32. The molecule has 43 nitrogen and oxygen atoms in total. The minimum atomic E-state index is -1.43. The molecule has 7 N–H and O–H groups in total. The van der Waals surface area contributed by atoms with Crippen LogP contribution in [0.2, 0.25) is 0 Å². The number of rotatable bonds is 43. The first-order valence-corrected chi connectivity index (χ1v) is 31.2. The van der Waals surface area contributed by atoms with Crippen LogP contribution in [0.4, 0.5) is 19.2 Å². The molecule has 4 fully saturated rings. The highest BCUT2D eigenvalue weighted by Gasteiger charge is 2.39. The van der Waals surface area contributed by atoms with Crippen molar-refractivity contribution in [3.05, 3.63) is 0 Å². The Morgan fingerprint density at radius 3 is 0.890 bits per heavy atom. The van der Waals surface area contributed by atoms with Crippen LogP contribution in [0.25, 0.3) is 0 Å². The second-order valence-electron chi connectivity index (χ2n) is 22.2. The van der Waals surface area contributed by atoms with Gasteiger partial charge in [-0.25, -0.2) is 38.4 Å². The summed E-state index contributed by atoms with van der Waals surface area (Å²) in [4.78, 5) is 252. The molecule has 0 saturated carbocycles. The molecule has 0 aromatic heterocycles. The first-order chi connectivity index (χ1) is 47.4. The van der Waals surface area contributed by atoms with E-state index in [-0.39, 0.29) is 143 Å². The number of amides is 15. The van der Waals surface area contributed by atoms with E-state index in [1.807, 2.05) is 0 Å². The van der Waals surface area contributed by atoms with E-state index < -0.39 is 175 Å². The summed E-state index contributed by atoms with van der Waals surface area (Å²) in [5.41, 5.74) is -1.43. The number of hydroxylamine groups is 8. The monoisotopic (exact) mass is 1430 g/mol. The highest BCUT2D eigenvalue weighted by Crippen LogP contribution is 2.22. The van der Waals surface area contributed by atoms with Crippen LogP contribution < -0.4 is 37.2 Å². The Morgan fingerprint density at radius 1 is 0.330 bits per heavy atom. The molecule has 6 unspecified atom stereocenters. The van der Waals surface area contributed by atoms with Gasteiger partial charge in [0.1, 0.15) is 62.7 Å². The van der Waals surface area contributed by atoms with Crippen molar-refractivity contribution < 1.29 is 153 Å². The van der Waals surface area contributed by atoms with E-state index in [2.05, 4.69) is 37.2 Å². The Kier molecular flexibility index (Phi) is 34.4. The number of hydrogen-bond acceptors (Lipinski definition) is 32. The van der Waals surface area contributed by atoms with Crippen molar-refractivity contribution in [2.45, 2.75) is 142 Å². The minimum absolute atomic E-state index is 0.0190. The number of hydrogen-bond donors (Lipinski definition) is 7. The van der Waals surface area contributed by atoms with Gasteiger partial charge >= 0.3 is 48.3 Å². The minimum Gasteiger partial charge on any atom is -0.447 e. The highest BCUT2D eigenvalue weighted by molar-refractivity contribution is 6.04. The standard InChI is InChI=1S/C57H81N11O32/c1-32(47(78)59-35(4)50(81)98-66-40(71)11-12-41(66)72)62-54(85)94-25-21-90-29-57(28-89-20-24-93-53(84)58-17-19-88-18-7-8-46(77)97-65-38(69)9-10-39(65)70,30-91-22-26-95-55(86)63-33(2)48(79)60-36(5)51(82)99-67-42(73)13-14-43(67)74)31-92-23-27-96-56(87)64-34(3)49(80)61-37(6)52(83)100-68-44(75)15-16-45(68)76/h32-37H,7-31H2,1-6H3,(H,58,84)(H,59,78)(H,60,79)(H,61,80)(H,62,85)(H,63,86)(H,64,87). The van der Waals surface area contributed by atoms with Crippen LogP contribution in [0.15, 0.2) is 0 Å². The van der Waals surface area contributed by atoms with Crippen LogP contribution in [0.3, 0.4) is 0 Å². The molecule has 15 amide bonds. The fraction of sp³-hybridized carbons (Fsp3) is 0.667. The summed E-state index contributed by atoms with van der Waals surface area (Å²) < 4.78 is 49.7. The molecule has 0 aromatic carbocycles. The van der Waals surface area contributed by atoms with Gasteiger partial charge < -0.3 is 99.2 Å². The average Bonchev–Trinajstić information content (AvgIpc) is 1.65. The van der Waals surface area contributed by atoms with Crippen LogP contribution in [0.5, 0.6) is 0 Å². The summed E-state index contributed by atoms with van der Waals surface area (Å²) in [7, 11) is 0. The van der Waals surface area contributed by atoms with Crippen LogP contribution >= 0.6 is 0 Å². The maximum Gasteiger partial charge on any atom is 0.407 e. The largest absolute Gasteiger partial charge is 0.447 e. The molecule has 6 atom stereocenters. The van der Waals surface area contributed by atoms with Gasteiger partial charge in [0.2, 0.25) is 17.7 Å². The molecule has 43 heteroatoms. The third kappa shape index (κ3) is 28.7. The zero-order valence-corrected chi connectivity index (χ0v) is 55.5. The molecule has 0 radical (unpaired) electrons. The van der Waals surface area contributed by atoms with E-state index in [1.54, 1.807) is 0 Å². The predicted molar refractivity (Wildman–Crippen MR) is 318 cm³/mol. The number of alkyl carbamates (subject to hydrolysis) is 4. The Bertz CT molecular complexity index is 2720. The molecule has 0 aromatic rings. The maximum atomic E-state index is 12.8. The fourth-order valence-corrected chi connectivity index (χ4v) is 8.20. The molecule has 4 rings (SSSR count). The van der Waals surface area contributed by atoms with Crippen LogP contribution in [-0.4, -0.2) is 269 Å². The summed E-state index contributed by atoms with van der Waals surface area (Å²) in [5, 5.41) is 17.3. The van der Waals surface area contributed by atoms with Gasteiger partial charge in [-0.15, -0.1) is 20.3 Å². The number of carbonyl (C=O) groups is 19. The van der Waals surface area contributed by atoms with Crippen LogP contribution in [0, 0.1) is 5.41 Å². The number of nitrogens with one attached hydrogen (secondary N) is 7. The van der Waals surface area contributed by atoms with Gasteiger partial charge in [0, 0.05) is 64.5 Å². The Balaban J connectivity index is 1.36. The van der Waals surface area contributed by atoms with Crippen molar-refractivity contribution in [2.24, 2.45) is 5.41 Å². The predicted octanol–water partition coefficient (Wildman–Crippen LogP) is -4.15. The number of imide groups is 4. The Labute approximate surface area is 568 Å². The summed E-state index contributed by atoms with van der Waals surface area (Å²) in [6.07, 6.45) is -5.44. The molecule has 4 saturated heterocycles. The number of nitrogens with zero attached hydrogens (tertiary/aromatic N) is 4. The topological polar surface area (TPSA) is 541 Å². The lowest BCUT2D eigenvalue weighted by molar-refractivity contribution is -0.198. The first kappa shape index (κ1) is 82.2. The summed E-state index contributed by atoms with van der Waals surface area (Å²) in [6, 6.07) is -8.11. The van der Waals surface area contributed by atoms with Gasteiger partial charge in [-0.2, -0.15) is 0 Å². The van der Waals surface area contributed by atoms with Crippen molar-refractivity contribution in [3.8, 4) is 0 Å². The quantitative estimate of drug-likeness (QED) is 0.0173. The summed E-state index contributed by atoms with van der Waals surface area (Å²) in [5.74, 6) is -12.7. The molecular weight excluding hydrogens is 1350 g/mol. The van der Waals surface area contributed by atoms with E-state index in [9.17, 15) is 91.1 Å². The zero-order valence-electron chi connectivity index (χ0n) is 55.5. The lowest BCUT2D eigenvalue weighted by atomic mass is 9.92. The molecule has 4 aliphatic rings. The molecule has 556 valence electrons. The van der Waals surface area contributed by atoms with Gasteiger partial charge in [0.25, 0.3) is 47.3 Å². The summed E-state index contributed by atoms with van der Waals surface area (Å²) >= 11 is 0. The molecule has 0 aliphatic carbocycles. The van der Waals surface area contributed by atoms with Crippen molar-refractivity contribution in [2.75, 3.05) is 99.0 Å². The molecule has 4 aliphatic heterocycles. The van der Waals surface area contributed by atoms with Gasteiger partial charge in [-0.1, -0.05) is 0 Å². The average molecular weight is 1430 g/mol. The molecule has 0 spiro atoms. The van der Waals surface area contributed by atoms with E-state index in [4.69, 9.17) is 62.0 Å². The van der Waals surface area contributed by atoms with E-state index in [0.717, 1.165) is 0 Å². The van der Waals surface area contributed by atoms with Crippen molar-refractivity contribution in [1.82, 2.24) is 57.5 Å². The van der Waals surface area contributed by atoms with Crippen molar-refractivity contribution in [3.63, 3.8) is 0 Å². The second kappa shape index (κ2) is 41.9. The Morgan fingerprint density at radius 2 is 0.600 bits per heavy atom. The normalized spacial score (nSPS) is 16.8. The van der Waals surface area contributed by atoms with Gasteiger partial charge in [0.15, 0.2) is 0 Å². The number of ether oxygens (including phenoxy) is 9. The van der Waals surface area contributed by atoms with Crippen molar-refractivity contribution >= 4 is 113 Å². The molecule has 100 heavy (non-hydrogen) atoms. The van der Waals surface area contributed by atoms with Crippen LogP contribution in [0.1, 0.15) is 106 Å². The van der Waals surface area contributed by atoms with Gasteiger partial charge in [-0.05, 0) is 48.0 Å². The first-order valence-electron chi connectivity index (χ1n) is 31.2. The molecule has 4 heterocycles. The SMILES string of the molecule is CC(NC(=O)OCCOCC(COCCOC(=O)NCCOCCCC(=O)ON1C(=O)CCC1=O)(COCCOC(=O)NC(C)C(=O)NC(C)C(=O)ON1C(=O)CCC1=O)COCCOC(=O)NC(C)C(=O)NC(C)C(=O)ON1C(=O)CCC1=O)C(=O)NC(C)C(=O)ON1C(=O)CCC1=O.